The Morgan fingerprint density at radius 2 is 1.03 bits per heavy atom. The van der Waals surface area contributed by atoms with Crippen LogP contribution in [0.25, 0.3) is 55.3 Å². The number of anilines is 8. The molecule has 5 heteroatoms. The maximum absolute atomic E-state index is 7.20. The summed E-state index contributed by atoms with van der Waals surface area (Å²) in [5, 5.41) is 2.22. The lowest BCUT2D eigenvalue weighted by Gasteiger charge is -2.46. The van der Waals surface area contributed by atoms with Crippen LogP contribution in [0, 0.1) is 20.8 Å². The fourth-order valence-electron chi connectivity index (χ4n) is 12.5. The smallest absolute Gasteiger partial charge is 0.333 e. The summed E-state index contributed by atoms with van der Waals surface area (Å²) in [7, 11) is 0. The predicted octanol–water partition coefficient (Wildman–Crippen LogP) is 18.6. The number of rotatable bonds is 7. The highest BCUT2D eigenvalue weighted by Crippen LogP contribution is 2.53. The normalized spacial score (nSPS) is 13.0. The Hall–Kier alpha value is -8.54. The fraction of sp³-hybridized carbons (Fsp3) is 0.155. The zero-order chi connectivity index (χ0) is 52.2. The van der Waals surface area contributed by atoms with Crippen molar-refractivity contribution in [2.24, 2.45) is 0 Å². The second kappa shape index (κ2) is 17.8. The van der Waals surface area contributed by atoms with E-state index in [1.54, 1.807) is 0 Å². The van der Waals surface area contributed by atoms with Crippen molar-refractivity contribution in [2.45, 2.75) is 73.1 Å². The van der Waals surface area contributed by atoms with Crippen LogP contribution in [0.5, 0.6) is 0 Å². The average molecular weight is 984 g/mol. The highest BCUT2D eigenvalue weighted by molar-refractivity contribution is 6.93. The first kappa shape index (κ1) is 47.2. The lowest BCUT2D eigenvalue weighted by atomic mass is 9.43. The second-order valence-corrected chi connectivity index (χ2v) is 23.2. The van der Waals surface area contributed by atoms with Crippen molar-refractivity contribution in [3.8, 4) is 33.4 Å². The quantitative estimate of drug-likeness (QED) is 0.148. The Kier molecular flexibility index (Phi) is 11.1. The Labute approximate surface area is 448 Å². The van der Waals surface area contributed by atoms with E-state index in [0.29, 0.717) is 0 Å². The van der Waals surface area contributed by atoms with Crippen molar-refractivity contribution < 1.29 is 4.42 Å². The van der Waals surface area contributed by atoms with Gasteiger partial charge in [0, 0.05) is 61.7 Å². The van der Waals surface area contributed by atoms with Crippen molar-refractivity contribution >= 4 is 85.2 Å². The molecule has 1 aromatic heterocycles. The molecule has 0 aliphatic carbocycles. The number of aryl methyl sites for hydroxylation is 3. The van der Waals surface area contributed by atoms with Crippen LogP contribution >= 0.6 is 0 Å². The lowest BCUT2D eigenvalue weighted by Crippen LogP contribution is -2.61. The molecule has 0 unspecified atom stereocenters. The Balaban J connectivity index is 1.20. The summed E-state index contributed by atoms with van der Waals surface area (Å²) in [6, 6.07) is 79.2. The number of benzene rings is 10. The van der Waals surface area contributed by atoms with Crippen molar-refractivity contribution in [1.29, 1.82) is 0 Å². The van der Waals surface area contributed by atoms with Crippen molar-refractivity contribution in [1.82, 2.24) is 0 Å². The van der Waals surface area contributed by atoms with Gasteiger partial charge >= 0.3 is 6.85 Å². The van der Waals surface area contributed by atoms with Crippen LogP contribution in [0.1, 0.15) is 69.4 Å². The predicted molar refractivity (Wildman–Crippen MR) is 325 cm³/mol. The Morgan fingerprint density at radius 1 is 0.434 bits per heavy atom. The number of fused-ring (bicyclic) bond motifs is 8. The molecule has 0 bridgehead atoms. The number of nitrogens with zero attached hydrogens (tertiary/aromatic N) is 3. The fourth-order valence-corrected chi connectivity index (χ4v) is 12.5. The molecule has 370 valence electrons. The van der Waals surface area contributed by atoms with Crippen LogP contribution in [0.15, 0.2) is 217 Å². The average Bonchev–Trinajstić information content (AvgIpc) is 3.85. The van der Waals surface area contributed by atoms with Crippen LogP contribution in [-0.4, -0.2) is 6.85 Å². The molecule has 0 fully saturated rings. The largest absolute Gasteiger partial charge is 0.455 e. The molecule has 2 aliphatic heterocycles. The Bertz CT molecular complexity index is 3990. The molecule has 0 amide bonds. The molecule has 11 aromatic rings. The highest BCUT2D eigenvalue weighted by atomic mass is 16.3. The molecular weight excluding hydrogens is 922 g/mol. The highest BCUT2D eigenvalue weighted by Gasteiger charge is 2.47. The SMILES string of the molecule is Cc1cc(C)c(-c2cc3c4c(c2)N(c2ccc(C(C)(C)C)cc2-c2ccccc2)c2ccc(N(c5ccccc5)c5ccccc5)cc2B4N(c2ccc(C(C)(C)C)cc2)c2ccc4c(oc5ccccc54)c2-3)c(C)c1. The molecule has 3 heterocycles. The molecule has 76 heavy (non-hydrogen) atoms. The summed E-state index contributed by atoms with van der Waals surface area (Å²) in [6.07, 6.45) is 0. The van der Waals surface area contributed by atoms with E-state index in [4.69, 9.17) is 4.42 Å². The number of furan rings is 1. The van der Waals surface area contributed by atoms with Gasteiger partial charge in [0.05, 0.1) is 5.69 Å². The van der Waals surface area contributed by atoms with E-state index in [2.05, 4.69) is 289 Å². The summed E-state index contributed by atoms with van der Waals surface area (Å²) in [5.41, 5.74) is 26.5. The van der Waals surface area contributed by atoms with Gasteiger partial charge in [-0.15, -0.1) is 0 Å². The minimum absolute atomic E-state index is 0.0225. The third-order valence-corrected chi connectivity index (χ3v) is 16.0. The van der Waals surface area contributed by atoms with E-state index in [-0.39, 0.29) is 17.7 Å². The third-order valence-electron chi connectivity index (χ3n) is 16.0. The molecular formula is C71H62BN3O. The topological polar surface area (TPSA) is 22.9 Å². The first-order valence-corrected chi connectivity index (χ1v) is 26.9. The zero-order valence-electron chi connectivity index (χ0n) is 45.0. The molecule has 13 rings (SSSR count). The summed E-state index contributed by atoms with van der Waals surface area (Å²) in [4.78, 5) is 7.63. The van der Waals surface area contributed by atoms with Gasteiger partial charge in [-0.25, -0.2) is 0 Å². The van der Waals surface area contributed by atoms with E-state index in [0.717, 1.165) is 73.0 Å². The third kappa shape index (κ3) is 7.74. The van der Waals surface area contributed by atoms with E-state index in [1.807, 2.05) is 0 Å². The van der Waals surface area contributed by atoms with Crippen LogP contribution in [0.3, 0.4) is 0 Å². The number of para-hydroxylation sites is 3. The molecule has 4 nitrogen and oxygen atoms in total. The summed E-state index contributed by atoms with van der Waals surface area (Å²) in [5.74, 6) is 0. The van der Waals surface area contributed by atoms with Gasteiger partial charge in [0.2, 0.25) is 0 Å². The monoisotopic (exact) mass is 983 g/mol. The van der Waals surface area contributed by atoms with Gasteiger partial charge in [-0.2, -0.15) is 0 Å². The van der Waals surface area contributed by atoms with Crippen LogP contribution in [-0.2, 0) is 10.8 Å². The Morgan fingerprint density at radius 3 is 1.68 bits per heavy atom. The summed E-state index contributed by atoms with van der Waals surface area (Å²) < 4.78 is 7.20. The molecule has 0 atom stereocenters. The standard InChI is InChI=1S/C71H62BN3O/c1-45-39-46(2)66(47(3)40-45)49-41-59-67-63(38-35-57-56-27-19-20-28-65(56)76-69(57)67)75(54-32-29-50(30-33-54)70(4,5)6)72-60-44-55(73(52-23-15-11-16-24-52)53-25-17-12-18-26-53)34-37-62(60)74(64(42-49)68(59)72)61-36-31-51(71(7,8)9)43-58(61)48-21-13-10-14-22-48/h10-44H,1-9H3. The number of hydrogen-bond acceptors (Lipinski definition) is 4. The minimum atomic E-state index is -0.261. The second-order valence-electron chi connectivity index (χ2n) is 23.2. The zero-order valence-corrected chi connectivity index (χ0v) is 45.0. The van der Waals surface area contributed by atoms with Crippen LogP contribution in [0.4, 0.5) is 45.5 Å². The first-order valence-electron chi connectivity index (χ1n) is 26.9. The maximum atomic E-state index is 7.20. The van der Waals surface area contributed by atoms with Gasteiger partial charge in [0.15, 0.2) is 0 Å². The van der Waals surface area contributed by atoms with Crippen LogP contribution in [0.2, 0.25) is 0 Å². The number of hydrogen-bond donors (Lipinski definition) is 0. The van der Waals surface area contributed by atoms with Gasteiger partial charge in [-0.05, 0) is 184 Å². The van der Waals surface area contributed by atoms with E-state index in [1.165, 1.54) is 66.6 Å². The molecule has 0 saturated carbocycles. The van der Waals surface area contributed by atoms with Gasteiger partial charge < -0.3 is 19.0 Å². The van der Waals surface area contributed by atoms with Crippen molar-refractivity contribution in [3.05, 3.63) is 240 Å². The lowest BCUT2D eigenvalue weighted by molar-refractivity contribution is 0.590. The van der Waals surface area contributed by atoms with Crippen molar-refractivity contribution in [3.63, 3.8) is 0 Å². The minimum Gasteiger partial charge on any atom is -0.455 e. The van der Waals surface area contributed by atoms with E-state index >= 15 is 0 Å². The molecule has 0 saturated heterocycles. The molecule has 10 aromatic carbocycles. The molecule has 2 aliphatic rings. The molecule has 0 N–H and O–H groups in total. The van der Waals surface area contributed by atoms with E-state index < -0.39 is 0 Å². The summed E-state index contributed by atoms with van der Waals surface area (Å²) >= 11 is 0. The van der Waals surface area contributed by atoms with Gasteiger partial charge in [0.1, 0.15) is 11.2 Å². The summed E-state index contributed by atoms with van der Waals surface area (Å²) in [6.45, 7) is 20.3. The van der Waals surface area contributed by atoms with Gasteiger partial charge in [0.25, 0.3) is 0 Å². The van der Waals surface area contributed by atoms with E-state index in [9.17, 15) is 0 Å². The maximum Gasteiger partial charge on any atom is 0.333 e. The first-order chi connectivity index (χ1) is 36.7. The van der Waals surface area contributed by atoms with Crippen LogP contribution < -0.4 is 25.5 Å². The van der Waals surface area contributed by atoms with Crippen molar-refractivity contribution in [2.75, 3.05) is 14.6 Å². The molecule has 0 radical (unpaired) electrons. The van der Waals surface area contributed by atoms with Gasteiger partial charge in [-0.1, -0.05) is 162 Å². The molecule has 0 spiro atoms. The van der Waals surface area contributed by atoms with Gasteiger partial charge in [-0.3, -0.25) is 0 Å².